The third-order valence-corrected chi connectivity index (χ3v) is 1.47. The summed E-state index contributed by atoms with van der Waals surface area (Å²) in [4.78, 5) is 10.6. The van der Waals surface area contributed by atoms with E-state index in [4.69, 9.17) is 5.11 Å². The van der Waals surface area contributed by atoms with Gasteiger partial charge in [-0.2, -0.15) is 0 Å². The summed E-state index contributed by atoms with van der Waals surface area (Å²) in [6.45, 7) is 3.08. The fraction of sp³-hybridized carbons (Fsp3) is 0.875. The van der Waals surface area contributed by atoms with Gasteiger partial charge in [0.05, 0.1) is 19.6 Å². The molecule has 0 spiro atoms. The van der Waals surface area contributed by atoms with Crippen molar-refractivity contribution in [3.63, 3.8) is 0 Å². The van der Waals surface area contributed by atoms with Crippen molar-refractivity contribution in [2.75, 3.05) is 20.2 Å². The molecule has 0 saturated carbocycles. The van der Waals surface area contributed by atoms with Crippen molar-refractivity contribution in [3.05, 3.63) is 0 Å². The van der Waals surface area contributed by atoms with Crippen LogP contribution in [0.15, 0.2) is 0 Å². The minimum absolute atomic E-state index is 0.209. The van der Waals surface area contributed by atoms with Crippen molar-refractivity contribution < 1.29 is 14.6 Å². The molecule has 12 heavy (non-hydrogen) atoms. The number of carbonyl (C=O) groups excluding carboxylic acids is 1. The first-order valence-electron chi connectivity index (χ1n) is 4.12. The number of nitrogens with one attached hydrogen (secondary N) is 1. The third-order valence-electron chi connectivity index (χ3n) is 1.47. The van der Waals surface area contributed by atoms with Crippen molar-refractivity contribution in [1.82, 2.24) is 5.32 Å². The minimum Gasteiger partial charge on any atom is -0.469 e. The number of esters is 1. The van der Waals surface area contributed by atoms with Gasteiger partial charge in [0.2, 0.25) is 0 Å². The quantitative estimate of drug-likeness (QED) is 0.437. The average Bonchev–Trinajstić information content (AvgIpc) is 2.03. The molecule has 0 fully saturated rings. The van der Waals surface area contributed by atoms with Crippen LogP contribution in [0.25, 0.3) is 0 Å². The van der Waals surface area contributed by atoms with Gasteiger partial charge in [0.15, 0.2) is 0 Å². The molecule has 4 heteroatoms. The topological polar surface area (TPSA) is 58.6 Å². The van der Waals surface area contributed by atoms with Crippen molar-refractivity contribution in [2.24, 2.45) is 0 Å². The molecule has 0 aliphatic heterocycles. The molecule has 0 amide bonds. The molecule has 72 valence electrons. The number of ether oxygens (including phenoxy) is 1. The van der Waals surface area contributed by atoms with E-state index in [-0.39, 0.29) is 12.1 Å². The molecule has 0 aromatic rings. The number of hydrogen-bond acceptors (Lipinski definition) is 4. The van der Waals surface area contributed by atoms with Gasteiger partial charge in [0.25, 0.3) is 0 Å². The first-order valence-corrected chi connectivity index (χ1v) is 4.12. The number of carbonyl (C=O) groups is 1. The second-order valence-electron chi connectivity index (χ2n) is 2.71. The standard InChI is InChI=1S/C8H17NO3/c1-7(10)3-5-9-6-4-8(11)12-2/h7,9-10H,3-6H2,1-2H3. The normalized spacial score (nSPS) is 12.6. The Labute approximate surface area is 72.9 Å². The Bertz CT molecular complexity index is 125. The Kier molecular flexibility index (Phi) is 6.70. The maximum atomic E-state index is 10.6. The molecule has 0 radical (unpaired) electrons. The second-order valence-corrected chi connectivity index (χ2v) is 2.71. The summed E-state index contributed by atoms with van der Waals surface area (Å²) in [5, 5.41) is 11.9. The van der Waals surface area contributed by atoms with E-state index in [0.717, 1.165) is 6.54 Å². The van der Waals surface area contributed by atoms with Gasteiger partial charge in [-0.25, -0.2) is 0 Å². The molecule has 0 aliphatic rings. The summed E-state index contributed by atoms with van der Waals surface area (Å²) in [5.41, 5.74) is 0. The number of aliphatic hydroxyl groups is 1. The molecular formula is C8H17NO3. The Morgan fingerprint density at radius 1 is 1.58 bits per heavy atom. The molecule has 2 N–H and O–H groups in total. The van der Waals surface area contributed by atoms with Gasteiger partial charge in [0.1, 0.15) is 0 Å². The summed E-state index contributed by atoms with van der Waals surface area (Å²) in [6.07, 6.45) is 0.813. The number of rotatable bonds is 6. The number of aliphatic hydroxyl groups excluding tert-OH is 1. The molecule has 0 heterocycles. The highest BCUT2D eigenvalue weighted by Crippen LogP contribution is 1.86. The predicted molar refractivity (Wildman–Crippen MR) is 45.8 cm³/mol. The zero-order chi connectivity index (χ0) is 9.40. The summed E-state index contributed by atoms with van der Waals surface area (Å²) >= 11 is 0. The average molecular weight is 175 g/mol. The molecule has 0 aromatic heterocycles. The van der Waals surface area contributed by atoms with E-state index in [2.05, 4.69) is 10.1 Å². The largest absolute Gasteiger partial charge is 0.469 e. The smallest absolute Gasteiger partial charge is 0.306 e. The van der Waals surface area contributed by atoms with E-state index in [1.807, 2.05) is 0 Å². The van der Waals surface area contributed by atoms with Gasteiger partial charge in [-0.15, -0.1) is 0 Å². The SMILES string of the molecule is COC(=O)CCNCCC(C)O. The molecule has 0 bridgehead atoms. The highest BCUT2D eigenvalue weighted by Gasteiger charge is 1.99. The molecule has 0 saturated heterocycles. The fourth-order valence-corrected chi connectivity index (χ4v) is 0.728. The van der Waals surface area contributed by atoms with Gasteiger partial charge in [0, 0.05) is 6.54 Å². The third kappa shape index (κ3) is 7.50. The Morgan fingerprint density at radius 3 is 2.75 bits per heavy atom. The van der Waals surface area contributed by atoms with Crippen LogP contribution in [0, 0.1) is 0 Å². The highest BCUT2D eigenvalue weighted by atomic mass is 16.5. The lowest BCUT2D eigenvalue weighted by molar-refractivity contribution is -0.140. The first-order chi connectivity index (χ1) is 5.66. The van der Waals surface area contributed by atoms with Crippen LogP contribution >= 0.6 is 0 Å². The lowest BCUT2D eigenvalue weighted by atomic mass is 10.3. The van der Waals surface area contributed by atoms with E-state index in [1.165, 1.54) is 7.11 Å². The summed E-state index contributed by atoms with van der Waals surface area (Å²) in [7, 11) is 1.37. The van der Waals surface area contributed by atoms with Crippen LogP contribution in [-0.2, 0) is 9.53 Å². The van der Waals surface area contributed by atoms with E-state index in [0.29, 0.717) is 19.4 Å². The van der Waals surface area contributed by atoms with Crippen molar-refractivity contribution >= 4 is 5.97 Å². The zero-order valence-corrected chi connectivity index (χ0v) is 7.67. The van der Waals surface area contributed by atoms with Gasteiger partial charge < -0.3 is 15.2 Å². The van der Waals surface area contributed by atoms with Crippen LogP contribution in [-0.4, -0.2) is 37.4 Å². The summed E-state index contributed by atoms with van der Waals surface area (Å²) in [5.74, 6) is -0.209. The molecule has 1 atom stereocenters. The van der Waals surface area contributed by atoms with Crippen LogP contribution in [0.3, 0.4) is 0 Å². The zero-order valence-electron chi connectivity index (χ0n) is 7.67. The molecule has 0 aromatic carbocycles. The summed E-state index contributed by atoms with van der Waals surface area (Å²) < 4.78 is 4.45. The van der Waals surface area contributed by atoms with Crippen LogP contribution in [0.2, 0.25) is 0 Å². The Hall–Kier alpha value is -0.610. The fourth-order valence-electron chi connectivity index (χ4n) is 0.728. The summed E-state index contributed by atoms with van der Waals surface area (Å²) in [6, 6.07) is 0. The van der Waals surface area contributed by atoms with Gasteiger partial charge >= 0.3 is 5.97 Å². The van der Waals surface area contributed by atoms with Crippen molar-refractivity contribution in [2.45, 2.75) is 25.9 Å². The van der Waals surface area contributed by atoms with Crippen LogP contribution < -0.4 is 5.32 Å². The van der Waals surface area contributed by atoms with Crippen molar-refractivity contribution in [3.8, 4) is 0 Å². The second kappa shape index (κ2) is 7.06. The molecule has 1 unspecified atom stereocenters. The van der Waals surface area contributed by atoms with E-state index >= 15 is 0 Å². The Balaban J connectivity index is 3.05. The Morgan fingerprint density at radius 2 is 2.25 bits per heavy atom. The van der Waals surface area contributed by atoms with E-state index in [1.54, 1.807) is 6.92 Å². The monoisotopic (exact) mass is 175 g/mol. The maximum Gasteiger partial charge on any atom is 0.306 e. The van der Waals surface area contributed by atoms with Crippen LogP contribution in [0.1, 0.15) is 19.8 Å². The molecular weight excluding hydrogens is 158 g/mol. The lowest BCUT2D eigenvalue weighted by Gasteiger charge is -2.05. The molecule has 4 nitrogen and oxygen atoms in total. The van der Waals surface area contributed by atoms with Crippen molar-refractivity contribution in [1.29, 1.82) is 0 Å². The van der Waals surface area contributed by atoms with Crippen LogP contribution in [0.5, 0.6) is 0 Å². The van der Waals surface area contributed by atoms with E-state index < -0.39 is 0 Å². The van der Waals surface area contributed by atoms with Gasteiger partial charge in [-0.1, -0.05) is 0 Å². The van der Waals surface area contributed by atoms with Gasteiger partial charge in [-0.3, -0.25) is 4.79 Å². The predicted octanol–water partition coefficient (Wildman–Crippen LogP) is -0.0900. The maximum absolute atomic E-state index is 10.6. The first kappa shape index (κ1) is 11.4. The van der Waals surface area contributed by atoms with E-state index in [9.17, 15) is 4.79 Å². The minimum atomic E-state index is -0.282. The van der Waals surface area contributed by atoms with Crippen LogP contribution in [0.4, 0.5) is 0 Å². The molecule has 0 rings (SSSR count). The lowest BCUT2D eigenvalue weighted by Crippen LogP contribution is -2.22. The highest BCUT2D eigenvalue weighted by molar-refractivity contribution is 5.69. The number of hydrogen-bond donors (Lipinski definition) is 2. The number of methoxy groups -OCH3 is 1. The van der Waals surface area contributed by atoms with Gasteiger partial charge in [-0.05, 0) is 19.9 Å². The molecule has 0 aliphatic carbocycles.